The summed E-state index contributed by atoms with van der Waals surface area (Å²) in [7, 11) is 1.94. The Labute approximate surface area is 75.4 Å². The quantitative estimate of drug-likeness (QED) is 0.679. The van der Waals surface area contributed by atoms with Crippen molar-refractivity contribution in [3.05, 3.63) is 29.9 Å². The molecule has 0 aliphatic carbocycles. The second-order valence-electron chi connectivity index (χ2n) is 2.90. The summed E-state index contributed by atoms with van der Waals surface area (Å²) < 4.78 is 6.80. The predicted octanol–water partition coefficient (Wildman–Crippen LogP) is 0.702. The van der Waals surface area contributed by atoms with Gasteiger partial charge in [-0.05, 0) is 0 Å². The lowest BCUT2D eigenvalue weighted by Crippen LogP contribution is -1.97. The van der Waals surface area contributed by atoms with E-state index < -0.39 is 0 Å². The van der Waals surface area contributed by atoms with Crippen molar-refractivity contribution in [2.45, 2.75) is 13.3 Å². The molecule has 0 unspecified atom stereocenters. The van der Waals surface area contributed by atoms with Crippen molar-refractivity contribution in [2.75, 3.05) is 0 Å². The Balaban J connectivity index is 2.19. The maximum Gasteiger partial charge on any atom is 0.223 e. The number of nitrogens with zero attached hydrogens (tertiary/aromatic N) is 4. The third-order valence-electron chi connectivity index (χ3n) is 1.83. The summed E-state index contributed by atoms with van der Waals surface area (Å²) in [6.07, 6.45) is 4.21. The highest BCUT2D eigenvalue weighted by Crippen LogP contribution is 2.04. The summed E-state index contributed by atoms with van der Waals surface area (Å²) in [4.78, 5) is 8.11. The van der Waals surface area contributed by atoms with Gasteiger partial charge in [0.15, 0.2) is 5.82 Å². The molecule has 2 aromatic heterocycles. The van der Waals surface area contributed by atoms with E-state index in [0.29, 0.717) is 18.1 Å². The highest BCUT2D eigenvalue weighted by molar-refractivity contribution is 5.05. The van der Waals surface area contributed by atoms with Gasteiger partial charge in [0.25, 0.3) is 0 Å². The lowest BCUT2D eigenvalue weighted by atomic mass is 10.3. The normalized spacial score (nSPS) is 10.6. The van der Waals surface area contributed by atoms with E-state index >= 15 is 0 Å². The summed E-state index contributed by atoms with van der Waals surface area (Å²) in [6, 6.07) is 0. The molecule has 0 fully saturated rings. The van der Waals surface area contributed by atoms with E-state index in [-0.39, 0.29) is 0 Å². The minimum absolute atomic E-state index is 0.595. The van der Waals surface area contributed by atoms with Crippen LogP contribution in [0, 0.1) is 6.92 Å². The molecular formula is C8H10N4O. The fourth-order valence-corrected chi connectivity index (χ4v) is 1.13. The molecule has 0 radical (unpaired) electrons. The van der Waals surface area contributed by atoms with Gasteiger partial charge in [0.05, 0.1) is 12.7 Å². The SMILES string of the molecule is Cc1nc(Cc2cncn2C)no1. The van der Waals surface area contributed by atoms with E-state index in [4.69, 9.17) is 4.52 Å². The van der Waals surface area contributed by atoms with Crippen molar-refractivity contribution in [3.63, 3.8) is 0 Å². The largest absolute Gasteiger partial charge is 0.340 e. The highest BCUT2D eigenvalue weighted by Gasteiger charge is 2.05. The van der Waals surface area contributed by atoms with Crippen LogP contribution in [-0.2, 0) is 13.5 Å². The molecule has 2 heterocycles. The van der Waals surface area contributed by atoms with Gasteiger partial charge in [-0.25, -0.2) is 4.98 Å². The van der Waals surface area contributed by atoms with Crippen LogP contribution >= 0.6 is 0 Å². The minimum Gasteiger partial charge on any atom is -0.340 e. The van der Waals surface area contributed by atoms with E-state index in [1.165, 1.54) is 0 Å². The first-order chi connectivity index (χ1) is 6.25. The Kier molecular flexibility index (Phi) is 1.84. The fraction of sp³-hybridized carbons (Fsp3) is 0.375. The second-order valence-corrected chi connectivity index (χ2v) is 2.90. The molecule has 2 rings (SSSR count). The second kappa shape index (κ2) is 3.01. The van der Waals surface area contributed by atoms with Crippen LogP contribution in [-0.4, -0.2) is 19.7 Å². The highest BCUT2D eigenvalue weighted by atomic mass is 16.5. The van der Waals surface area contributed by atoms with Crippen molar-refractivity contribution in [1.82, 2.24) is 19.7 Å². The zero-order valence-electron chi connectivity index (χ0n) is 7.56. The van der Waals surface area contributed by atoms with Gasteiger partial charge in [0.1, 0.15) is 0 Å². The van der Waals surface area contributed by atoms with Crippen molar-refractivity contribution < 1.29 is 4.52 Å². The summed E-state index contributed by atoms with van der Waals surface area (Å²) in [5.74, 6) is 1.29. The molecule has 2 aromatic rings. The minimum atomic E-state index is 0.595. The zero-order chi connectivity index (χ0) is 9.26. The average Bonchev–Trinajstić information content (AvgIpc) is 2.64. The number of imidazole rings is 1. The smallest absolute Gasteiger partial charge is 0.223 e. The molecule has 0 N–H and O–H groups in total. The number of hydrogen-bond acceptors (Lipinski definition) is 4. The first-order valence-corrected chi connectivity index (χ1v) is 4.00. The third kappa shape index (κ3) is 1.58. The van der Waals surface area contributed by atoms with E-state index in [1.807, 2.05) is 11.6 Å². The molecule has 0 spiro atoms. The van der Waals surface area contributed by atoms with Crippen molar-refractivity contribution in [1.29, 1.82) is 0 Å². The molecule has 0 aliphatic heterocycles. The Morgan fingerprint density at radius 1 is 1.54 bits per heavy atom. The molecule has 68 valence electrons. The van der Waals surface area contributed by atoms with E-state index in [1.54, 1.807) is 19.4 Å². The molecule has 0 saturated carbocycles. The maximum absolute atomic E-state index is 4.86. The van der Waals surface area contributed by atoms with E-state index in [2.05, 4.69) is 15.1 Å². The number of hydrogen-bond donors (Lipinski definition) is 0. The zero-order valence-corrected chi connectivity index (χ0v) is 7.56. The van der Waals surface area contributed by atoms with Gasteiger partial charge < -0.3 is 9.09 Å². The van der Waals surface area contributed by atoms with Gasteiger partial charge in [-0.2, -0.15) is 4.98 Å². The number of rotatable bonds is 2. The lowest BCUT2D eigenvalue weighted by Gasteiger charge is -1.95. The first kappa shape index (κ1) is 7.97. The molecule has 0 bridgehead atoms. The Morgan fingerprint density at radius 2 is 2.38 bits per heavy atom. The summed E-state index contributed by atoms with van der Waals surface area (Å²) in [6.45, 7) is 1.78. The third-order valence-corrected chi connectivity index (χ3v) is 1.83. The lowest BCUT2D eigenvalue weighted by molar-refractivity contribution is 0.388. The fourth-order valence-electron chi connectivity index (χ4n) is 1.13. The molecule has 5 nitrogen and oxygen atoms in total. The van der Waals surface area contributed by atoms with Gasteiger partial charge in [-0.3, -0.25) is 0 Å². The predicted molar refractivity (Wildman–Crippen MR) is 45.0 cm³/mol. The maximum atomic E-state index is 4.86. The summed E-state index contributed by atoms with van der Waals surface area (Å²) in [5, 5.41) is 3.80. The molecule has 13 heavy (non-hydrogen) atoms. The van der Waals surface area contributed by atoms with Crippen LogP contribution in [0.25, 0.3) is 0 Å². The van der Waals surface area contributed by atoms with Gasteiger partial charge in [-0.15, -0.1) is 0 Å². The van der Waals surface area contributed by atoms with Gasteiger partial charge in [0.2, 0.25) is 5.89 Å². The molecular weight excluding hydrogens is 168 g/mol. The van der Waals surface area contributed by atoms with Crippen LogP contribution in [0.2, 0.25) is 0 Å². The van der Waals surface area contributed by atoms with Crippen LogP contribution in [0.1, 0.15) is 17.4 Å². The Morgan fingerprint density at radius 3 is 2.92 bits per heavy atom. The summed E-state index contributed by atoms with van der Waals surface area (Å²) in [5.41, 5.74) is 1.07. The Bertz CT molecular complexity index is 404. The topological polar surface area (TPSA) is 56.7 Å². The van der Waals surface area contributed by atoms with Crippen molar-refractivity contribution in [3.8, 4) is 0 Å². The van der Waals surface area contributed by atoms with Crippen LogP contribution in [0.3, 0.4) is 0 Å². The molecule has 5 heteroatoms. The number of aryl methyl sites for hydroxylation is 2. The summed E-state index contributed by atoms with van der Waals surface area (Å²) >= 11 is 0. The first-order valence-electron chi connectivity index (χ1n) is 4.00. The standard InChI is InChI=1S/C8H10N4O/c1-6-10-8(11-13-6)3-7-4-9-5-12(7)2/h4-5H,3H2,1-2H3. The van der Waals surface area contributed by atoms with Gasteiger partial charge >= 0.3 is 0 Å². The molecule has 0 saturated heterocycles. The van der Waals surface area contributed by atoms with Crippen LogP contribution in [0.5, 0.6) is 0 Å². The number of aromatic nitrogens is 4. The van der Waals surface area contributed by atoms with Crippen molar-refractivity contribution >= 4 is 0 Å². The molecule has 0 aliphatic rings. The van der Waals surface area contributed by atoms with Gasteiger partial charge in [-0.1, -0.05) is 5.16 Å². The van der Waals surface area contributed by atoms with Crippen LogP contribution < -0.4 is 0 Å². The Hall–Kier alpha value is -1.65. The van der Waals surface area contributed by atoms with Crippen molar-refractivity contribution in [2.24, 2.45) is 7.05 Å². The van der Waals surface area contributed by atoms with Crippen LogP contribution in [0.15, 0.2) is 17.0 Å². The average molecular weight is 178 g/mol. The van der Waals surface area contributed by atoms with Gasteiger partial charge in [0, 0.05) is 25.9 Å². The molecule has 0 atom stereocenters. The monoisotopic (exact) mass is 178 g/mol. The molecule has 0 aromatic carbocycles. The van der Waals surface area contributed by atoms with E-state index in [9.17, 15) is 0 Å². The molecule has 0 amide bonds. The van der Waals surface area contributed by atoms with E-state index in [0.717, 1.165) is 5.69 Å². The van der Waals surface area contributed by atoms with Crippen LogP contribution in [0.4, 0.5) is 0 Å².